The molecule has 0 bridgehead atoms. The number of amides is 2. The first-order valence-electron chi connectivity index (χ1n) is 11.0. The van der Waals surface area contributed by atoms with Crippen molar-refractivity contribution in [1.29, 1.82) is 0 Å². The molecule has 0 saturated carbocycles. The molecule has 0 aliphatic carbocycles. The molecule has 2 heterocycles. The SMILES string of the molecule is NC(=O)C1CCCN(CCCNC(=O)CCN2c3ccccc3Sc3ccccc32)C1. The lowest BCUT2D eigenvalue weighted by Gasteiger charge is -2.32. The second-order valence-corrected chi connectivity index (χ2v) is 9.27. The Kier molecular flexibility index (Phi) is 7.14. The van der Waals surface area contributed by atoms with Crippen LogP contribution < -0.4 is 16.0 Å². The highest BCUT2D eigenvalue weighted by molar-refractivity contribution is 7.99. The van der Waals surface area contributed by atoms with E-state index in [2.05, 4.69) is 51.5 Å². The average Bonchev–Trinajstić information content (AvgIpc) is 2.79. The Labute approximate surface area is 188 Å². The van der Waals surface area contributed by atoms with Crippen molar-refractivity contribution in [2.24, 2.45) is 11.7 Å². The second kappa shape index (κ2) is 10.2. The zero-order chi connectivity index (χ0) is 21.6. The van der Waals surface area contributed by atoms with Crippen molar-refractivity contribution in [1.82, 2.24) is 10.2 Å². The molecule has 164 valence electrons. The number of para-hydroxylation sites is 2. The smallest absolute Gasteiger partial charge is 0.221 e. The minimum Gasteiger partial charge on any atom is -0.369 e. The molecular formula is C24H30N4O2S. The van der Waals surface area contributed by atoms with Crippen LogP contribution >= 0.6 is 11.8 Å². The van der Waals surface area contributed by atoms with Crippen molar-refractivity contribution in [2.45, 2.75) is 35.5 Å². The summed E-state index contributed by atoms with van der Waals surface area (Å²) in [7, 11) is 0. The number of likely N-dealkylation sites (tertiary alicyclic amines) is 1. The van der Waals surface area contributed by atoms with Gasteiger partial charge in [-0.2, -0.15) is 0 Å². The van der Waals surface area contributed by atoms with Gasteiger partial charge >= 0.3 is 0 Å². The molecule has 0 aromatic heterocycles. The number of hydrogen-bond acceptors (Lipinski definition) is 5. The Morgan fingerprint density at radius 2 is 1.71 bits per heavy atom. The largest absolute Gasteiger partial charge is 0.369 e. The predicted molar refractivity (Wildman–Crippen MR) is 125 cm³/mol. The lowest BCUT2D eigenvalue weighted by molar-refractivity contribution is -0.123. The standard InChI is InChI=1S/C24H30N4O2S/c25-24(30)18-7-5-14-27(17-18)15-6-13-26-23(29)12-16-28-19-8-1-3-10-21(19)31-22-11-4-2-9-20(22)28/h1-4,8-11,18H,5-7,12-17H2,(H2,25,30)(H,26,29). The van der Waals surface area contributed by atoms with Gasteiger partial charge in [0.15, 0.2) is 0 Å². The van der Waals surface area contributed by atoms with E-state index >= 15 is 0 Å². The Hall–Kier alpha value is -2.51. The summed E-state index contributed by atoms with van der Waals surface area (Å²) in [5.74, 6) is -0.157. The molecule has 1 fully saturated rings. The molecule has 6 nitrogen and oxygen atoms in total. The highest BCUT2D eigenvalue weighted by Crippen LogP contribution is 2.47. The van der Waals surface area contributed by atoms with E-state index in [1.165, 1.54) is 9.79 Å². The fourth-order valence-corrected chi connectivity index (χ4v) is 5.44. The number of hydrogen-bond donors (Lipinski definition) is 2. The molecule has 1 unspecified atom stereocenters. The fourth-order valence-electron chi connectivity index (χ4n) is 4.35. The molecule has 2 aliphatic heterocycles. The van der Waals surface area contributed by atoms with E-state index in [0.29, 0.717) is 19.5 Å². The molecular weight excluding hydrogens is 408 g/mol. The monoisotopic (exact) mass is 438 g/mol. The van der Waals surface area contributed by atoms with Crippen LogP contribution in [0.5, 0.6) is 0 Å². The third kappa shape index (κ3) is 5.40. The van der Waals surface area contributed by atoms with Crippen LogP contribution in [0.1, 0.15) is 25.7 Å². The minimum atomic E-state index is -0.197. The summed E-state index contributed by atoms with van der Waals surface area (Å²) in [4.78, 5) is 30.9. The summed E-state index contributed by atoms with van der Waals surface area (Å²) in [6.07, 6.45) is 3.23. The summed E-state index contributed by atoms with van der Waals surface area (Å²) >= 11 is 1.78. The zero-order valence-corrected chi connectivity index (χ0v) is 18.6. The zero-order valence-electron chi connectivity index (χ0n) is 17.8. The van der Waals surface area contributed by atoms with Gasteiger partial charge in [0.1, 0.15) is 0 Å². The number of rotatable bonds is 8. The van der Waals surface area contributed by atoms with Crippen molar-refractivity contribution in [3.8, 4) is 0 Å². The number of primary amides is 1. The number of carbonyl (C=O) groups excluding carboxylic acids is 2. The maximum absolute atomic E-state index is 12.5. The molecule has 2 aromatic carbocycles. The molecule has 2 aliphatic rings. The van der Waals surface area contributed by atoms with Crippen LogP contribution in [-0.4, -0.2) is 49.4 Å². The van der Waals surface area contributed by atoms with Gasteiger partial charge in [-0.15, -0.1) is 0 Å². The molecule has 4 rings (SSSR count). The molecule has 3 N–H and O–H groups in total. The molecule has 2 aromatic rings. The van der Waals surface area contributed by atoms with Crippen LogP contribution in [0.3, 0.4) is 0 Å². The van der Waals surface area contributed by atoms with Gasteiger partial charge in [-0.1, -0.05) is 36.0 Å². The van der Waals surface area contributed by atoms with Crippen LogP contribution in [0.4, 0.5) is 11.4 Å². The Morgan fingerprint density at radius 3 is 2.39 bits per heavy atom. The topological polar surface area (TPSA) is 78.7 Å². The number of anilines is 2. The van der Waals surface area contributed by atoms with E-state index in [1.807, 2.05) is 12.1 Å². The third-order valence-electron chi connectivity index (χ3n) is 5.98. The van der Waals surface area contributed by atoms with E-state index in [1.54, 1.807) is 11.8 Å². The van der Waals surface area contributed by atoms with E-state index in [-0.39, 0.29) is 17.7 Å². The number of nitrogens with two attached hydrogens (primary N) is 1. The van der Waals surface area contributed by atoms with E-state index < -0.39 is 0 Å². The maximum Gasteiger partial charge on any atom is 0.221 e. The first-order chi connectivity index (χ1) is 15.1. The van der Waals surface area contributed by atoms with Gasteiger partial charge in [-0.05, 0) is 56.6 Å². The van der Waals surface area contributed by atoms with Crippen molar-refractivity contribution in [3.05, 3.63) is 48.5 Å². The number of nitrogens with one attached hydrogen (secondary N) is 1. The normalized spacial score (nSPS) is 18.2. The molecule has 2 amide bonds. The van der Waals surface area contributed by atoms with Gasteiger partial charge in [0.25, 0.3) is 0 Å². The predicted octanol–water partition coefficient (Wildman–Crippen LogP) is 3.38. The first-order valence-corrected chi connectivity index (χ1v) is 11.9. The number of piperidine rings is 1. The Bertz CT molecular complexity index is 890. The summed E-state index contributed by atoms with van der Waals surface area (Å²) in [6, 6.07) is 16.7. The second-order valence-electron chi connectivity index (χ2n) is 8.18. The summed E-state index contributed by atoms with van der Waals surface area (Å²) in [5, 5.41) is 3.05. The molecule has 31 heavy (non-hydrogen) atoms. The Balaban J connectivity index is 1.25. The van der Waals surface area contributed by atoms with Crippen LogP contribution in [0, 0.1) is 5.92 Å². The maximum atomic E-state index is 12.5. The quantitative estimate of drug-likeness (QED) is 0.618. The number of nitrogens with zero attached hydrogens (tertiary/aromatic N) is 2. The van der Waals surface area contributed by atoms with Gasteiger partial charge in [0.05, 0.1) is 17.3 Å². The molecule has 1 saturated heterocycles. The van der Waals surface area contributed by atoms with Gasteiger partial charge < -0.3 is 20.9 Å². The lowest BCUT2D eigenvalue weighted by Crippen LogP contribution is -2.42. The van der Waals surface area contributed by atoms with Crippen molar-refractivity contribution < 1.29 is 9.59 Å². The first kappa shape index (κ1) is 21.7. The van der Waals surface area contributed by atoms with Crippen molar-refractivity contribution in [3.63, 3.8) is 0 Å². The van der Waals surface area contributed by atoms with Gasteiger partial charge in [-0.25, -0.2) is 0 Å². The van der Waals surface area contributed by atoms with E-state index in [4.69, 9.17) is 5.73 Å². The summed E-state index contributed by atoms with van der Waals surface area (Å²) in [6.45, 7) is 3.93. The van der Waals surface area contributed by atoms with Gasteiger partial charge in [0.2, 0.25) is 11.8 Å². The van der Waals surface area contributed by atoms with Crippen LogP contribution in [0.15, 0.2) is 58.3 Å². The van der Waals surface area contributed by atoms with Crippen LogP contribution in [0.25, 0.3) is 0 Å². The summed E-state index contributed by atoms with van der Waals surface area (Å²) in [5.41, 5.74) is 7.77. The average molecular weight is 439 g/mol. The van der Waals surface area contributed by atoms with Crippen molar-refractivity contribution in [2.75, 3.05) is 37.6 Å². The van der Waals surface area contributed by atoms with E-state index in [0.717, 1.165) is 50.3 Å². The van der Waals surface area contributed by atoms with Gasteiger partial charge in [-0.3, -0.25) is 9.59 Å². The number of carbonyl (C=O) groups is 2. The fraction of sp³-hybridized carbons (Fsp3) is 0.417. The number of fused-ring (bicyclic) bond motifs is 2. The third-order valence-corrected chi connectivity index (χ3v) is 7.11. The highest BCUT2D eigenvalue weighted by atomic mass is 32.2. The number of benzene rings is 2. The Morgan fingerprint density at radius 1 is 1.03 bits per heavy atom. The van der Waals surface area contributed by atoms with Crippen LogP contribution in [-0.2, 0) is 9.59 Å². The molecule has 0 radical (unpaired) electrons. The molecule has 0 spiro atoms. The van der Waals surface area contributed by atoms with Crippen LogP contribution in [0.2, 0.25) is 0 Å². The molecule has 1 atom stereocenters. The highest BCUT2D eigenvalue weighted by Gasteiger charge is 2.24. The minimum absolute atomic E-state index is 0.0307. The van der Waals surface area contributed by atoms with Crippen molar-refractivity contribution >= 4 is 35.0 Å². The van der Waals surface area contributed by atoms with E-state index in [9.17, 15) is 9.59 Å². The lowest BCUT2D eigenvalue weighted by atomic mass is 9.97. The summed E-state index contributed by atoms with van der Waals surface area (Å²) < 4.78 is 0. The van der Waals surface area contributed by atoms with Gasteiger partial charge in [0, 0.05) is 35.8 Å². The molecule has 7 heteroatoms.